The fraction of sp³-hybridized carbons (Fsp3) is 0.556. The minimum absolute atomic E-state index is 0.0580. The van der Waals surface area contributed by atoms with Crippen LogP contribution >= 0.6 is 0 Å². The summed E-state index contributed by atoms with van der Waals surface area (Å²) in [5.74, 6) is 1.11. The van der Waals surface area contributed by atoms with E-state index in [4.69, 9.17) is 0 Å². The zero-order valence-corrected chi connectivity index (χ0v) is 14.7. The first-order valence-corrected chi connectivity index (χ1v) is 9.07. The van der Waals surface area contributed by atoms with Crippen molar-refractivity contribution in [2.24, 2.45) is 0 Å². The van der Waals surface area contributed by atoms with E-state index in [0.717, 1.165) is 42.9 Å². The van der Waals surface area contributed by atoms with Gasteiger partial charge in [0.25, 0.3) is 0 Å². The number of nitrogens with one attached hydrogen (secondary N) is 1. The molecule has 0 radical (unpaired) electrons. The molecule has 1 N–H and O–H groups in total. The third-order valence-corrected chi connectivity index (χ3v) is 5.05. The van der Waals surface area contributed by atoms with Crippen molar-refractivity contribution in [3.63, 3.8) is 0 Å². The Bertz CT molecular complexity index is 768. The van der Waals surface area contributed by atoms with E-state index in [1.165, 1.54) is 0 Å². The monoisotopic (exact) mass is 340 g/mol. The van der Waals surface area contributed by atoms with E-state index >= 15 is 0 Å². The molecule has 1 saturated carbocycles. The van der Waals surface area contributed by atoms with Gasteiger partial charge in [0.15, 0.2) is 5.82 Å². The Morgan fingerprint density at radius 2 is 2.08 bits per heavy atom. The Balaban J connectivity index is 1.48. The lowest BCUT2D eigenvalue weighted by Gasteiger charge is -2.22. The third kappa shape index (κ3) is 3.28. The van der Waals surface area contributed by atoms with E-state index in [1.807, 2.05) is 21.7 Å². The Kier molecular flexibility index (Phi) is 4.25. The summed E-state index contributed by atoms with van der Waals surface area (Å²) in [6.45, 7) is 5.04. The molecule has 1 aliphatic carbocycles. The first-order valence-electron chi connectivity index (χ1n) is 9.07. The molecule has 2 atom stereocenters. The highest BCUT2D eigenvalue weighted by atomic mass is 16.2. The number of anilines is 1. The number of carbonyl (C=O) groups is 1. The molecule has 1 aliphatic heterocycles. The Morgan fingerprint density at radius 1 is 1.24 bits per heavy atom. The molecule has 0 unspecified atom stereocenters. The predicted molar refractivity (Wildman–Crippen MR) is 94.1 cm³/mol. The van der Waals surface area contributed by atoms with Crippen LogP contribution in [0.1, 0.15) is 69.0 Å². The van der Waals surface area contributed by atoms with Crippen LogP contribution in [-0.4, -0.2) is 32.7 Å². The molecule has 1 saturated heterocycles. The largest absolute Gasteiger partial charge is 0.312 e. The number of benzene rings is 1. The quantitative estimate of drug-likeness (QED) is 0.874. The zero-order chi connectivity index (χ0) is 17.4. The van der Waals surface area contributed by atoms with E-state index in [-0.39, 0.29) is 18.0 Å². The highest BCUT2D eigenvalue weighted by Gasteiger charge is 2.30. The van der Waals surface area contributed by atoms with E-state index in [1.54, 1.807) is 0 Å². The molecule has 7 heteroatoms. The normalized spacial score (nSPS) is 20.1. The summed E-state index contributed by atoms with van der Waals surface area (Å²) < 4.78 is 1.95. The third-order valence-electron chi connectivity index (χ3n) is 5.05. The molecular formula is C18H24N6O. The molecule has 1 aromatic carbocycles. The molecule has 25 heavy (non-hydrogen) atoms. The van der Waals surface area contributed by atoms with Gasteiger partial charge in [0.2, 0.25) is 5.91 Å². The minimum Gasteiger partial charge on any atom is -0.312 e. The second-order valence-electron chi connectivity index (χ2n) is 7.07. The van der Waals surface area contributed by atoms with Gasteiger partial charge in [0.1, 0.15) is 0 Å². The maximum atomic E-state index is 12.0. The molecule has 7 nitrogen and oxygen atoms in total. The van der Waals surface area contributed by atoms with Crippen molar-refractivity contribution in [3.05, 3.63) is 35.7 Å². The van der Waals surface area contributed by atoms with Crippen molar-refractivity contribution in [1.82, 2.24) is 25.5 Å². The van der Waals surface area contributed by atoms with Gasteiger partial charge in [-0.3, -0.25) is 4.79 Å². The Hall–Kier alpha value is -2.28. The number of rotatable bonds is 6. The molecule has 2 aliphatic rings. The molecule has 4 rings (SSSR count). The van der Waals surface area contributed by atoms with Crippen LogP contribution in [0.25, 0.3) is 0 Å². The molecule has 2 fully saturated rings. The van der Waals surface area contributed by atoms with Gasteiger partial charge in [-0.2, -0.15) is 0 Å². The van der Waals surface area contributed by atoms with E-state index in [2.05, 4.69) is 46.8 Å². The fourth-order valence-corrected chi connectivity index (χ4v) is 3.49. The lowest BCUT2D eigenvalue weighted by Crippen LogP contribution is -2.26. The first kappa shape index (κ1) is 16.2. The summed E-state index contributed by atoms with van der Waals surface area (Å²) >= 11 is 0. The van der Waals surface area contributed by atoms with Gasteiger partial charge in [-0.1, -0.05) is 12.1 Å². The molecule has 2 aromatic rings. The molecule has 132 valence electrons. The van der Waals surface area contributed by atoms with Crippen LogP contribution in [-0.2, 0) is 4.79 Å². The van der Waals surface area contributed by atoms with Gasteiger partial charge in [-0.25, -0.2) is 4.68 Å². The maximum absolute atomic E-state index is 12.0. The average molecular weight is 340 g/mol. The fourth-order valence-electron chi connectivity index (χ4n) is 3.49. The average Bonchev–Trinajstić information content (AvgIpc) is 3.17. The summed E-state index contributed by atoms with van der Waals surface area (Å²) in [6, 6.07) is 8.90. The molecule has 2 heterocycles. The number of aromatic nitrogens is 4. The lowest BCUT2D eigenvalue weighted by atomic mass is 10.1. The van der Waals surface area contributed by atoms with Gasteiger partial charge in [-0.05, 0) is 61.2 Å². The topological polar surface area (TPSA) is 75.9 Å². The first-order chi connectivity index (χ1) is 12.1. The molecule has 0 spiro atoms. The van der Waals surface area contributed by atoms with E-state index in [9.17, 15) is 4.79 Å². The van der Waals surface area contributed by atoms with Crippen molar-refractivity contribution in [1.29, 1.82) is 0 Å². The number of amides is 1. The van der Waals surface area contributed by atoms with E-state index < -0.39 is 0 Å². The van der Waals surface area contributed by atoms with E-state index in [0.29, 0.717) is 12.5 Å². The van der Waals surface area contributed by atoms with Gasteiger partial charge in [-0.15, -0.1) is 5.10 Å². The number of tetrazole rings is 1. The van der Waals surface area contributed by atoms with Crippen LogP contribution in [0.2, 0.25) is 0 Å². The number of nitrogens with zero attached hydrogens (tertiary/aromatic N) is 5. The van der Waals surface area contributed by atoms with Gasteiger partial charge < -0.3 is 10.2 Å². The predicted octanol–water partition coefficient (Wildman–Crippen LogP) is 2.55. The van der Waals surface area contributed by atoms with Crippen molar-refractivity contribution in [2.45, 2.75) is 57.7 Å². The van der Waals surface area contributed by atoms with Crippen LogP contribution in [0, 0.1) is 0 Å². The maximum Gasteiger partial charge on any atom is 0.227 e. The van der Waals surface area contributed by atoms with Crippen molar-refractivity contribution in [2.75, 3.05) is 11.4 Å². The molecule has 1 aromatic heterocycles. The summed E-state index contributed by atoms with van der Waals surface area (Å²) in [7, 11) is 0. The molecule has 0 bridgehead atoms. The molecule has 1 amide bonds. The van der Waals surface area contributed by atoms with Crippen LogP contribution < -0.4 is 10.2 Å². The van der Waals surface area contributed by atoms with Crippen LogP contribution in [0.3, 0.4) is 0 Å². The SMILES string of the molecule is C[C@H](N[C@H](C)c1nnnn1C1CC1)c1cccc(N2CCCC2=O)c1. The van der Waals surface area contributed by atoms with Crippen LogP contribution in [0.5, 0.6) is 0 Å². The summed E-state index contributed by atoms with van der Waals surface area (Å²) in [5.41, 5.74) is 2.15. The summed E-state index contributed by atoms with van der Waals surface area (Å²) in [6.07, 6.45) is 3.91. The summed E-state index contributed by atoms with van der Waals surface area (Å²) in [5, 5.41) is 15.7. The van der Waals surface area contributed by atoms with Gasteiger partial charge in [0, 0.05) is 24.7 Å². The highest BCUT2D eigenvalue weighted by Crippen LogP contribution is 2.35. The Morgan fingerprint density at radius 3 is 2.80 bits per heavy atom. The second-order valence-corrected chi connectivity index (χ2v) is 7.07. The number of hydrogen-bond acceptors (Lipinski definition) is 5. The summed E-state index contributed by atoms with van der Waals surface area (Å²) in [4.78, 5) is 13.9. The van der Waals surface area contributed by atoms with Crippen LogP contribution in [0.4, 0.5) is 5.69 Å². The standard InChI is InChI=1S/C18H24N6O/c1-12(19-13(2)18-20-21-22-24(18)15-8-9-15)14-5-3-6-16(11-14)23-10-4-7-17(23)25/h3,5-6,11-13,15,19H,4,7-10H2,1-2H3/t12-,13+/m0/s1. The van der Waals surface area contributed by atoms with Crippen molar-refractivity contribution >= 4 is 11.6 Å². The van der Waals surface area contributed by atoms with Gasteiger partial charge >= 0.3 is 0 Å². The minimum atomic E-state index is 0.0580. The smallest absolute Gasteiger partial charge is 0.227 e. The van der Waals surface area contributed by atoms with Gasteiger partial charge in [0.05, 0.1) is 12.1 Å². The second kappa shape index (κ2) is 6.55. The number of hydrogen-bond donors (Lipinski definition) is 1. The van der Waals surface area contributed by atoms with Crippen LogP contribution in [0.15, 0.2) is 24.3 Å². The number of carbonyl (C=O) groups excluding carboxylic acids is 1. The highest BCUT2D eigenvalue weighted by molar-refractivity contribution is 5.95. The Labute approximate surface area is 147 Å². The van der Waals surface area contributed by atoms with Crippen molar-refractivity contribution < 1.29 is 4.79 Å². The van der Waals surface area contributed by atoms with Crippen molar-refractivity contribution in [3.8, 4) is 0 Å². The zero-order valence-electron chi connectivity index (χ0n) is 14.7. The lowest BCUT2D eigenvalue weighted by molar-refractivity contribution is -0.117. The molecular weight excluding hydrogens is 316 g/mol.